The Bertz CT molecular complexity index is 489. The fourth-order valence-electron chi connectivity index (χ4n) is 2.31. The molecule has 19 heavy (non-hydrogen) atoms. The summed E-state index contributed by atoms with van der Waals surface area (Å²) in [5, 5.41) is 0. The molecule has 0 amide bonds. The zero-order valence-corrected chi connectivity index (χ0v) is 11.5. The molecule has 0 bridgehead atoms. The van der Waals surface area contributed by atoms with E-state index in [4.69, 9.17) is 11.5 Å². The molecule has 1 saturated heterocycles. The molecule has 7 nitrogen and oxygen atoms in total. The van der Waals surface area contributed by atoms with E-state index in [1.54, 1.807) is 0 Å². The smallest absolute Gasteiger partial charge is 0.276 e. The number of aromatic nitrogens is 2. The Labute approximate surface area is 112 Å². The van der Waals surface area contributed by atoms with Crippen molar-refractivity contribution in [1.82, 2.24) is 14.9 Å². The minimum Gasteiger partial charge on any atom is -0.391 e. The molecule has 2 heterocycles. The van der Waals surface area contributed by atoms with Gasteiger partial charge < -0.3 is 21.4 Å². The van der Waals surface area contributed by atoms with E-state index in [1.165, 1.54) is 6.33 Å². The summed E-state index contributed by atoms with van der Waals surface area (Å²) in [5.41, 5.74) is 11.5. The summed E-state index contributed by atoms with van der Waals surface area (Å²) in [6.45, 7) is 8.27. The van der Waals surface area contributed by atoms with Crippen LogP contribution in [0.15, 0.2) is 11.1 Å². The van der Waals surface area contributed by atoms with Crippen molar-refractivity contribution in [3.8, 4) is 0 Å². The molecule has 0 atom stereocenters. The highest BCUT2D eigenvalue weighted by Crippen LogP contribution is 2.20. The van der Waals surface area contributed by atoms with E-state index < -0.39 is 0 Å². The summed E-state index contributed by atoms with van der Waals surface area (Å²) in [4.78, 5) is 22.5. The quantitative estimate of drug-likeness (QED) is 0.662. The predicted molar refractivity (Wildman–Crippen MR) is 76.2 cm³/mol. The van der Waals surface area contributed by atoms with E-state index in [-0.39, 0.29) is 16.8 Å². The van der Waals surface area contributed by atoms with Gasteiger partial charge in [0.2, 0.25) is 0 Å². The number of anilines is 2. The summed E-state index contributed by atoms with van der Waals surface area (Å²) in [7, 11) is 0. The summed E-state index contributed by atoms with van der Waals surface area (Å²) >= 11 is 0. The van der Waals surface area contributed by atoms with Gasteiger partial charge in [0.1, 0.15) is 5.69 Å². The van der Waals surface area contributed by atoms with Crippen molar-refractivity contribution >= 4 is 11.5 Å². The van der Waals surface area contributed by atoms with Gasteiger partial charge in [0.15, 0.2) is 5.82 Å². The lowest BCUT2D eigenvalue weighted by molar-refractivity contribution is 0.119. The van der Waals surface area contributed by atoms with Crippen LogP contribution in [0.1, 0.15) is 13.8 Å². The molecule has 1 aromatic heterocycles. The van der Waals surface area contributed by atoms with Crippen LogP contribution >= 0.6 is 0 Å². The van der Waals surface area contributed by atoms with Crippen LogP contribution in [0.2, 0.25) is 0 Å². The molecule has 1 fully saturated rings. The van der Waals surface area contributed by atoms with E-state index in [1.807, 2.05) is 4.90 Å². The molecule has 0 unspecified atom stereocenters. The first-order valence-corrected chi connectivity index (χ1v) is 6.49. The second-order valence-corrected chi connectivity index (χ2v) is 5.46. The van der Waals surface area contributed by atoms with Crippen LogP contribution in [0.25, 0.3) is 0 Å². The van der Waals surface area contributed by atoms with Crippen LogP contribution in [0.3, 0.4) is 0 Å². The van der Waals surface area contributed by atoms with Crippen molar-refractivity contribution < 1.29 is 0 Å². The van der Waals surface area contributed by atoms with Crippen molar-refractivity contribution in [2.24, 2.45) is 5.73 Å². The molecular weight excluding hydrogens is 244 g/mol. The van der Waals surface area contributed by atoms with Gasteiger partial charge in [-0.3, -0.25) is 9.69 Å². The van der Waals surface area contributed by atoms with Crippen LogP contribution in [-0.4, -0.2) is 53.1 Å². The maximum absolute atomic E-state index is 11.5. The molecule has 0 saturated carbocycles. The summed E-state index contributed by atoms with van der Waals surface area (Å²) in [5.74, 6) is 0.578. The van der Waals surface area contributed by atoms with Gasteiger partial charge >= 0.3 is 0 Å². The lowest BCUT2D eigenvalue weighted by Gasteiger charge is -2.43. The standard InChI is InChI=1S/C12H22N6O/c1-12(2,7-13)18-5-3-17(4-6-18)10-9(14)11(19)16-8-15-10/h8H,3-7,13-14H2,1-2H3,(H,15,16,19). The number of H-pyrrole nitrogens is 1. The molecule has 0 aliphatic carbocycles. The largest absolute Gasteiger partial charge is 0.391 e. The Morgan fingerprint density at radius 2 is 2.00 bits per heavy atom. The van der Waals surface area contributed by atoms with E-state index in [2.05, 4.69) is 28.7 Å². The van der Waals surface area contributed by atoms with Crippen LogP contribution in [0, 0.1) is 0 Å². The monoisotopic (exact) mass is 266 g/mol. The molecule has 5 N–H and O–H groups in total. The first-order valence-electron chi connectivity index (χ1n) is 6.49. The fraction of sp³-hybridized carbons (Fsp3) is 0.667. The van der Waals surface area contributed by atoms with Crippen LogP contribution < -0.4 is 21.9 Å². The SMILES string of the molecule is CC(C)(CN)N1CCN(c2nc[nH]c(=O)c2N)CC1. The lowest BCUT2D eigenvalue weighted by Crippen LogP contribution is -2.57. The number of hydrogen-bond acceptors (Lipinski definition) is 6. The molecule has 1 aliphatic rings. The van der Waals surface area contributed by atoms with Gasteiger partial charge in [-0.2, -0.15) is 0 Å². The first kappa shape index (κ1) is 13.8. The molecule has 1 aromatic rings. The Hall–Kier alpha value is -1.60. The second kappa shape index (κ2) is 5.18. The van der Waals surface area contributed by atoms with E-state index in [9.17, 15) is 4.79 Å². The highest BCUT2D eigenvalue weighted by molar-refractivity contribution is 5.61. The van der Waals surface area contributed by atoms with Gasteiger partial charge in [-0.1, -0.05) is 0 Å². The number of hydrogen-bond donors (Lipinski definition) is 3. The number of nitrogens with one attached hydrogen (secondary N) is 1. The van der Waals surface area contributed by atoms with Crippen molar-refractivity contribution in [3.05, 3.63) is 16.7 Å². The van der Waals surface area contributed by atoms with Gasteiger partial charge in [-0.15, -0.1) is 0 Å². The summed E-state index contributed by atoms with van der Waals surface area (Å²) in [6, 6.07) is 0. The third-order valence-electron chi connectivity index (χ3n) is 3.80. The van der Waals surface area contributed by atoms with Crippen molar-refractivity contribution in [3.63, 3.8) is 0 Å². The Kier molecular flexibility index (Phi) is 3.77. The molecule has 0 radical (unpaired) electrons. The van der Waals surface area contributed by atoms with Gasteiger partial charge in [0, 0.05) is 38.3 Å². The highest BCUT2D eigenvalue weighted by atomic mass is 16.1. The molecule has 2 rings (SSSR count). The third-order valence-corrected chi connectivity index (χ3v) is 3.80. The van der Waals surface area contributed by atoms with Crippen molar-refractivity contribution in [1.29, 1.82) is 0 Å². The molecular formula is C12H22N6O. The fourth-order valence-corrected chi connectivity index (χ4v) is 2.31. The first-order chi connectivity index (χ1) is 8.95. The Balaban J connectivity index is 2.08. The normalized spacial score (nSPS) is 17.7. The second-order valence-electron chi connectivity index (χ2n) is 5.46. The average molecular weight is 266 g/mol. The number of nitrogen functional groups attached to an aromatic ring is 1. The van der Waals surface area contributed by atoms with E-state index in [0.29, 0.717) is 12.4 Å². The number of nitrogens with zero attached hydrogens (tertiary/aromatic N) is 3. The number of piperazine rings is 1. The van der Waals surface area contributed by atoms with Crippen LogP contribution in [0.5, 0.6) is 0 Å². The molecule has 106 valence electrons. The van der Waals surface area contributed by atoms with Gasteiger partial charge in [-0.05, 0) is 13.8 Å². The maximum atomic E-state index is 11.5. The minimum absolute atomic E-state index is 0.000771. The van der Waals surface area contributed by atoms with Crippen molar-refractivity contribution in [2.75, 3.05) is 43.4 Å². The van der Waals surface area contributed by atoms with E-state index >= 15 is 0 Å². The molecule has 1 aliphatic heterocycles. The van der Waals surface area contributed by atoms with Gasteiger partial charge in [0.05, 0.1) is 6.33 Å². The topological polar surface area (TPSA) is 104 Å². The predicted octanol–water partition coefficient (Wildman–Crippen LogP) is -0.789. The maximum Gasteiger partial charge on any atom is 0.276 e. The molecule has 7 heteroatoms. The zero-order valence-electron chi connectivity index (χ0n) is 11.5. The molecule has 0 spiro atoms. The van der Waals surface area contributed by atoms with Gasteiger partial charge in [-0.25, -0.2) is 4.98 Å². The zero-order chi connectivity index (χ0) is 14.0. The average Bonchev–Trinajstić information content (AvgIpc) is 2.42. The highest BCUT2D eigenvalue weighted by Gasteiger charge is 2.29. The third kappa shape index (κ3) is 2.71. The number of rotatable bonds is 3. The summed E-state index contributed by atoms with van der Waals surface area (Å²) in [6.07, 6.45) is 1.39. The Morgan fingerprint density at radius 3 is 2.58 bits per heavy atom. The lowest BCUT2D eigenvalue weighted by atomic mass is 10.0. The molecule has 0 aromatic carbocycles. The van der Waals surface area contributed by atoms with Crippen molar-refractivity contribution in [2.45, 2.75) is 19.4 Å². The minimum atomic E-state index is -0.283. The number of nitrogens with two attached hydrogens (primary N) is 2. The van der Waals surface area contributed by atoms with Gasteiger partial charge in [0.25, 0.3) is 5.56 Å². The van der Waals surface area contributed by atoms with E-state index in [0.717, 1.165) is 26.2 Å². The van der Waals surface area contributed by atoms with Crippen LogP contribution in [-0.2, 0) is 0 Å². The summed E-state index contributed by atoms with van der Waals surface area (Å²) < 4.78 is 0. The number of aromatic amines is 1. The Morgan fingerprint density at radius 1 is 1.37 bits per heavy atom. The van der Waals surface area contributed by atoms with Crippen LogP contribution in [0.4, 0.5) is 11.5 Å².